The predicted molar refractivity (Wildman–Crippen MR) is 94.1 cm³/mol. The van der Waals surface area contributed by atoms with E-state index in [9.17, 15) is 9.59 Å². The second-order valence-corrected chi connectivity index (χ2v) is 6.13. The number of ether oxygens (including phenoxy) is 3. The first-order valence-electron chi connectivity index (χ1n) is 8.29. The fraction of sp³-hybridized carbons (Fsp3) is 0.444. The third-order valence-corrected chi connectivity index (χ3v) is 4.75. The molecule has 3 amide bonds. The summed E-state index contributed by atoms with van der Waals surface area (Å²) in [6.07, 6.45) is 0. The molecule has 8 nitrogen and oxygen atoms in total. The summed E-state index contributed by atoms with van der Waals surface area (Å²) in [4.78, 5) is 28.6. The number of methoxy groups -OCH3 is 3. The van der Waals surface area contributed by atoms with Crippen molar-refractivity contribution in [1.29, 1.82) is 0 Å². The van der Waals surface area contributed by atoms with Gasteiger partial charge in [0.2, 0.25) is 0 Å². The molecular weight excluding hydrogens is 338 g/mol. The largest absolute Gasteiger partial charge is 0.497 e. The average Bonchev–Trinajstić information content (AvgIpc) is 2.99. The summed E-state index contributed by atoms with van der Waals surface area (Å²) in [5, 5.41) is 2.90. The smallest absolute Gasteiger partial charge is 0.322 e. The molecule has 0 radical (unpaired) electrons. The Kier molecular flexibility index (Phi) is 5.03. The number of benzene rings is 1. The first-order chi connectivity index (χ1) is 12.5. The molecule has 1 aromatic rings. The monoisotopic (exact) mass is 361 g/mol. The van der Waals surface area contributed by atoms with Gasteiger partial charge in [-0.1, -0.05) is 0 Å². The summed E-state index contributed by atoms with van der Waals surface area (Å²) in [7, 11) is 6.38. The number of amides is 3. The molecule has 2 heterocycles. The van der Waals surface area contributed by atoms with Crippen LogP contribution < -0.4 is 14.8 Å². The van der Waals surface area contributed by atoms with Crippen LogP contribution in [0.3, 0.4) is 0 Å². The van der Waals surface area contributed by atoms with Gasteiger partial charge in [-0.05, 0) is 18.2 Å². The second kappa shape index (κ2) is 7.25. The van der Waals surface area contributed by atoms with Gasteiger partial charge in [0.25, 0.3) is 5.91 Å². The lowest BCUT2D eigenvalue weighted by Crippen LogP contribution is -2.45. The molecule has 0 saturated carbocycles. The molecule has 2 aliphatic heterocycles. The maximum Gasteiger partial charge on any atom is 0.322 e. The van der Waals surface area contributed by atoms with Crippen molar-refractivity contribution in [3.8, 4) is 11.5 Å². The van der Waals surface area contributed by atoms with E-state index in [0.717, 1.165) is 0 Å². The Morgan fingerprint density at radius 2 is 1.96 bits per heavy atom. The molecule has 140 valence electrons. The van der Waals surface area contributed by atoms with Gasteiger partial charge < -0.3 is 24.4 Å². The fourth-order valence-corrected chi connectivity index (χ4v) is 3.30. The maximum absolute atomic E-state index is 13.0. The van der Waals surface area contributed by atoms with E-state index in [1.54, 1.807) is 51.5 Å². The average molecular weight is 361 g/mol. The number of hydrogen-bond donors (Lipinski definition) is 1. The summed E-state index contributed by atoms with van der Waals surface area (Å²) in [6, 6.07) is 4.46. The summed E-state index contributed by atoms with van der Waals surface area (Å²) in [5.41, 5.74) is 1.93. The Labute approximate surface area is 152 Å². The van der Waals surface area contributed by atoms with E-state index in [-0.39, 0.29) is 11.9 Å². The number of carbonyl (C=O) groups excluding carboxylic acids is 2. The fourth-order valence-electron chi connectivity index (χ4n) is 3.30. The van der Waals surface area contributed by atoms with Gasteiger partial charge >= 0.3 is 6.03 Å². The van der Waals surface area contributed by atoms with Crippen molar-refractivity contribution < 1.29 is 23.8 Å². The lowest BCUT2D eigenvalue weighted by atomic mass is 9.94. The van der Waals surface area contributed by atoms with Crippen molar-refractivity contribution in [2.45, 2.75) is 6.04 Å². The Bertz CT molecular complexity index is 761. The third-order valence-electron chi connectivity index (χ3n) is 4.75. The van der Waals surface area contributed by atoms with Gasteiger partial charge in [-0.2, -0.15) is 0 Å². The quantitative estimate of drug-likeness (QED) is 0.822. The van der Waals surface area contributed by atoms with Crippen LogP contribution >= 0.6 is 0 Å². The van der Waals surface area contributed by atoms with Gasteiger partial charge in [-0.3, -0.25) is 9.69 Å². The summed E-state index contributed by atoms with van der Waals surface area (Å²) in [6.45, 7) is 1.28. The second-order valence-electron chi connectivity index (χ2n) is 6.13. The molecular formula is C18H23N3O5. The van der Waals surface area contributed by atoms with Gasteiger partial charge in [0.05, 0.1) is 44.7 Å². The van der Waals surface area contributed by atoms with Crippen LogP contribution in [0.25, 0.3) is 0 Å². The maximum atomic E-state index is 13.0. The molecule has 8 heteroatoms. The molecule has 1 N–H and O–H groups in total. The van der Waals surface area contributed by atoms with E-state index in [1.807, 2.05) is 0 Å². The van der Waals surface area contributed by atoms with Crippen LogP contribution in [0.5, 0.6) is 11.5 Å². The van der Waals surface area contributed by atoms with Gasteiger partial charge in [0, 0.05) is 26.3 Å². The lowest BCUT2D eigenvalue weighted by Gasteiger charge is -2.31. The lowest BCUT2D eigenvalue weighted by molar-refractivity contribution is -0.126. The minimum atomic E-state index is -0.598. The molecule has 0 unspecified atom stereocenters. The van der Waals surface area contributed by atoms with Crippen molar-refractivity contribution in [3.05, 3.63) is 35.0 Å². The summed E-state index contributed by atoms with van der Waals surface area (Å²) < 4.78 is 15.8. The van der Waals surface area contributed by atoms with Crippen LogP contribution in [-0.4, -0.2) is 69.8 Å². The van der Waals surface area contributed by atoms with Crippen LogP contribution in [0.2, 0.25) is 0 Å². The molecule has 3 rings (SSSR count). The zero-order valence-electron chi connectivity index (χ0n) is 15.4. The molecule has 1 atom stereocenters. The molecule has 0 fully saturated rings. The van der Waals surface area contributed by atoms with E-state index in [2.05, 4.69) is 5.32 Å². The van der Waals surface area contributed by atoms with E-state index in [4.69, 9.17) is 14.2 Å². The number of urea groups is 1. The third kappa shape index (κ3) is 2.96. The van der Waals surface area contributed by atoms with Crippen LogP contribution in [0.4, 0.5) is 4.79 Å². The number of hydrogen-bond acceptors (Lipinski definition) is 5. The highest BCUT2D eigenvalue weighted by Gasteiger charge is 2.43. The SMILES string of the molecule is COCCN1CC2=C(C1=O)[C@@H](c1cc(OC)ccc1OC)NC(=O)N2C. The van der Waals surface area contributed by atoms with E-state index < -0.39 is 6.04 Å². The minimum Gasteiger partial charge on any atom is -0.497 e. The molecule has 1 aromatic carbocycles. The number of nitrogens with one attached hydrogen (secondary N) is 1. The van der Waals surface area contributed by atoms with Crippen molar-refractivity contribution in [2.75, 3.05) is 48.1 Å². The summed E-state index contributed by atoms with van der Waals surface area (Å²) >= 11 is 0. The first-order valence-corrected chi connectivity index (χ1v) is 8.29. The standard InChI is InChI=1S/C18H23N3O5/c1-20-13-10-21(7-8-24-2)17(22)15(13)16(19-18(20)23)12-9-11(25-3)5-6-14(12)26-4/h5-6,9,16H,7-8,10H2,1-4H3,(H,19,23)/t16-/m1/s1. The Morgan fingerprint density at radius 1 is 1.19 bits per heavy atom. The van der Waals surface area contributed by atoms with Crippen molar-refractivity contribution in [2.24, 2.45) is 0 Å². The van der Waals surface area contributed by atoms with E-state index in [0.29, 0.717) is 48.0 Å². The van der Waals surface area contributed by atoms with Crippen molar-refractivity contribution in [3.63, 3.8) is 0 Å². The van der Waals surface area contributed by atoms with Gasteiger partial charge in [0.1, 0.15) is 11.5 Å². The predicted octanol–water partition coefficient (Wildman–Crippen LogP) is 1.14. The van der Waals surface area contributed by atoms with Crippen LogP contribution in [0, 0.1) is 0 Å². The van der Waals surface area contributed by atoms with Gasteiger partial charge in [-0.25, -0.2) is 4.79 Å². The summed E-state index contributed by atoms with van der Waals surface area (Å²) in [5.74, 6) is 1.09. The molecule has 26 heavy (non-hydrogen) atoms. The van der Waals surface area contributed by atoms with Crippen LogP contribution in [-0.2, 0) is 9.53 Å². The number of carbonyl (C=O) groups is 2. The molecule has 0 saturated heterocycles. The highest BCUT2D eigenvalue weighted by Crippen LogP contribution is 2.40. The van der Waals surface area contributed by atoms with Crippen molar-refractivity contribution in [1.82, 2.24) is 15.1 Å². The molecule has 0 spiro atoms. The van der Waals surface area contributed by atoms with E-state index >= 15 is 0 Å². The zero-order valence-corrected chi connectivity index (χ0v) is 15.4. The van der Waals surface area contributed by atoms with Gasteiger partial charge in [0.15, 0.2) is 0 Å². The Morgan fingerprint density at radius 3 is 2.62 bits per heavy atom. The number of rotatable bonds is 6. The van der Waals surface area contributed by atoms with Crippen LogP contribution in [0.1, 0.15) is 11.6 Å². The first kappa shape index (κ1) is 18.1. The molecule has 0 aromatic heterocycles. The Hall–Kier alpha value is -2.74. The number of nitrogens with zero attached hydrogens (tertiary/aromatic N) is 2. The Balaban J connectivity index is 2.05. The molecule has 2 aliphatic rings. The normalized spacial score (nSPS) is 19.6. The highest BCUT2D eigenvalue weighted by atomic mass is 16.5. The molecule has 0 aliphatic carbocycles. The highest BCUT2D eigenvalue weighted by molar-refractivity contribution is 6.01. The molecule has 0 bridgehead atoms. The van der Waals surface area contributed by atoms with Crippen LogP contribution in [0.15, 0.2) is 29.5 Å². The van der Waals surface area contributed by atoms with Gasteiger partial charge in [-0.15, -0.1) is 0 Å². The van der Waals surface area contributed by atoms with Crippen molar-refractivity contribution >= 4 is 11.9 Å². The van der Waals surface area contributed by atoms with E-state index in [1.165, 1.54) is 4.90 Å². The minimum absolute atomic E-state index is 0.112. The zero-order chi connectivity index (χ0) is 18.8. The number of likely N-dealkylation sites (N-methyl/N-ethyl adjacent to an activating group) is 1. The topological polar surface area (TPSA) is 80.3 Å².